The number of rotatable bonds is 13. The molecule has 0 aliphatic heterocycles. The molecule has 0 amide bonds. The first-order chi connectivity index (χ1) is 15.7. The minimum atomic E-state index is -0.259. The zero-order valence-electron chi connectivity index (χ0n) is 19.7. The molecule has 172 valence electrons. The van der Waals surface area contributed by atoms with Crippen LogP contribution < -0.4 is 4.74 Å². The van der Waals surface area contributed by atoms with Crippen molar-refractivity contribution in [2.45, 2.75) is 84.0 Å². The summed E-state index contributed by atoms with van der Waals surface area (Å²) >= 11 is 0. The summed E-state index contributed by atoms with van der Waals surface area (Å²) in [6, 6.07) is 7.03. The molecular formula is C28H37FN2O. The lowest BCUT2D eigenvalue weighted by Crippen LogP contribution is -2.04. The number of hydrogen-bond donors (Lipinski definition) is 0. The monoisotopic (exact) mass is 436 g/mol. The molecule has 1 saturated carbocycles. The number of fused-ring (bicyclic) bond motifs is 1. The van der Waals surface area contributed by atoms with Crippen LogP contribution in [0.4, 0.5) is 4.39 Å². The van der Waals surface area contributed by atoms with Crippen LogP contribution in [0.1, 0.15) is 89.5 Å². The molecule has 1 aliphatic rings. The van der Waals surface area contributed by atoms with E-state index in [0.717, 1.165) is 11.2 Å². The summed E-state index contributed by atoms with van der Waals surface area (Å²) in [6.45, 7) is 5.20. The SMILES string of the molecule is CCCCCCCC(CCC)c1cn(-c2ccc(F)cc2OCC2CC2)c2cnccc12. The third-order valence-electron chi connectivity index (χ3n) is 6.72. The molecule has 1 unspecified atom stereocenters. The van der Waals surface area contributed by atoms with Crippen molar-refractivity contribution in [3.05, 3.63) is 54.2 Å². The lowest BCUT2D eigenvalue weighted by Gasteiger charge is -2.16. The fourth-order valence-corrected chi connectivity index (χ4v) is 4.72. The minimum Gasteiger partial charge on any atom is -0.491 e. The Kier molecular flexibility index (Phi) is 7.83. The Balaban J connectivity index is 1.66. The molecule has 1 aromatic carbocycles. The molecule has 4 heteroatoms. The van der Waals surface area contributed by atoms with Crippen LogP contribution in [0.25, 0.3) is 16.6 Å². The van der Waals surface area contributed by atoms with Gasteiger partial charge in [0.05, 0.1) is 24.0 Å². The van der Waals surface area contributed by atoms with E-state index in [0.29, 0.717) is 24.2 Å². The average Bonchev–Trinajstić information content (AvgIpc) is 3.56. The van der Waals surface area contributed by atoms with Crippen LogP contribution in [0.15, 0.2) is 42.9 Å². The Bertz CT molecular complexity index is 1010. The van der Waals surface area contributed by atoms with E-state index in [1.54, 1.807) is 0 Å². The molecule has 3 nitrogen and oxygen atoms in total. The molecule has 1 aliphatic carbocycles. The van der Waals surface area contributed by atoms with Crippen LogP contribution >= 0.6 is 0 Å². The highest BCUT2D eigenvalue weighted by Crippen LogP contribution is 2.38. The summed E-state index contributed by atoms with van der Waals surface area (Å²) < 4.78 is 22.3. The first kappa shape index (κ1) is 22.8. The Morgan fingerprint density at radius 2 is 1.91 bits per heavy atom. The number of halogens is 1. The summed E-state index contributed by atoms with van der Waals surface area (Å²) in [5.74, 6) is 1.51. The Morgan fingerprint density at radius 3 is 2.69 bits per heavy atom. The number of ether oxygens (including phenoxy) is 1. The molecule has 32 heavy (non-hydrogen) atoms. The van der Waals surface area contributed by atoms with Crippen molar-refractivity contribution >= 4 is 10.9 Å². The molecule has 0 radical (unpaired) electrons. The number of aromatic nitrogens is 2. The second-order valence-electron chi connectivity index (χ2n) is 9.40. The lowest BCUT2D eigenvalue weighted by atomic mass is 9.89. The van der Waals surface area contributed by atoms with E-state index in [1.807, 2.05) is 18.5 Å². The van der Waals surface area contributed by atoms with Gasteiger partial charge in [0.25, 0.3) is 0 Å². The van der Waals surface area contributed by atoms with Gasteiger partial charge >= 0.3 is 0 Å². The zero-order valence-corrected chi connectivity index (χ0v) is 19.7. The minimum absolute atomic E-state index is 0.259. The zero-order chi connectivity index (χ0) is 22.3. The van der Waals surface area contributed by atoms with Crippen molar-refractivity contribution in [1.82, 2.24) is 9.55 Å². The Labute approximate surface area is 192 Å². The second kappa shape index (κ2) is 11.0. The first-order valence-corrected chi connectivity index (χ1v) is 12.6. The van der Waals surface area contributed by atoms with Crippen LogP contribution in [0.5, 0.6) is 5.75 Å². The van der Waals surface area contributed by atoms with Gasteiger partial charge in [-0.1, -0.05) is 52.4 Å². The van der Waals surface area contributed by atoms with Gasteiger partial charge in [-0.05, 0) is 61.3 Å². The average molecular weight is 437 g/mol. The quantitative estimate of drug-likeness (QED) is 0.252. The second-order valence-corrected chi connectivity index (χ2v) is 9.40. The molecule has 2 heterocycles. The van der Waals surface area contributed by atoms with E-state index in [4.69, 9.17) is 4.74 Å². The summed E-state index contributed by atoms with van der Waals surface area (Å²) in [5.41, 5.74) is 3.35. The van der Waals surface area contributed by atoms with Crippen LogP contribution in [0.2, 0.25) is 0 Å². The Hall–Kier alpha value is -2.36. The predicted molar refractivity (Wildman–Crippen MR) is 130 cm³/mol. The van der Waals surface area contributed by atoms with Gasteiger partial charge in [-0.3, -0.25) is 4.98 Å². The van der Waals surface area contributed by atoms with Crippen LogP contribution in [0.3, 0.4) is 0 Å². The van der Waals surface area contributed by atoms with Gasteiger partial charge in [-0.25, -0.2) is 4.39 Å². The van der Waals surface area contributed by atoms with E-state index in [9.17, 15) is 4.39 Å². The summed E-state index contributed by atoms with van der Waals surface area (Å²) in [7, 11) is 0. The van der Waals surface area contributed by atoms with Gasteiger partial charge in [-0.15, -0.1) is 0 Å². The van der Waals surface area contributed by atoms with Crippen molar-refractivity contribution in [2.75, 3.05) is 6.61 Å². The molecule has 0 spiro atoms. The van der Waals surface area contributed by atoms with E-state index >= 15 is 0 Å². The van der Waals surface area contributed by atoms with Crippen molar-refractivity contribution in [3.63, 3.8) is 0 Å². The fourth-order valence-electron chi connectivity index (χ4n) is 4.72. The summed E-state index contributed by atoms with van der Waals surface area (Å²) in [5, 5.41) is 1.25. The van der Waals surface area contributed by atoms with Crippen molar-refractivity contribution < 1.29 is 9.13 Å². The maximum Gasteiger partial charge on any atom is 0.146 e. The highest BCUT2D eigenvalue weighted by Gasteiger charge is 2.24. The summed E-state index contributed by atoms with van der Waals surface area (Å²) in [6.07, 6.45) is 18.6. The fraction of sp³-hybridized carbons (Fsp3) is 0.536. The number of pyridine rings is 1. The number of unbranched alkanes of at least 4 members (excludes halogenated alkanes) is 4. The highest BCUT2D eigenvalue weighted by atomic mass is 19.1. The van der Waals surface area contributed by atoms with Gasteiger partial charge in [0.15, 0.2) is 0 Å². The van der Waals surface area contributed by atoms with Crippen LogP contribution in [-0.2, 0) is 0 Å². The van der Waals surface area contributed by atoms with Crippen molar-refractivity contribution in [1.29, 1.82) is 0 Å². The molecule has 0 N–H and O–H groups in total. The molecular weight excluding hydrogens is 399 g/mol. The van der Waals surface area contributed by atoms with Gasteiger partial charge in [-0.2, -0.15) is 0 Å². The highest BCUT2D eigenvalue weighted by molar-refractivity contribution is 5.85. The molecule has 2 aromatic heterocycles. The van der Waals surface area contributed by atoms with E-state index in [-0.39, 0.29) is 5.82 Å². The van der Waals surface area contributed by atoms with Crippen molar-refractivity contribution in [2.24, 2.45) is 5.92 Å². The molecule has 1 atom stereocenters. The van der Waals surface area contributed by atoms with E-state index in [2.05, 4.69) is 35.7 Å². The molecule has 0 saturated heterocycles. The lowest BCUT2D eigenvalue weighted by molar-refractivity contribution is 0.297. The van der Waals surface area contributed by atoms with Gasteiger partial charge in [0, 0.05) is 23.8 Å². The van der Waals surface area contributed by atoms with Crippen LogP contribution in [-0.4, -0.2) is 16.2 Å². The molecule has 1 fully saturated rings. The third kappa shape index (κ3) is 5.51. The molecule has 3 aromatic rings. The molecule has 4 rings (SSSR count). The largest absolute Gasteiger partial charge is 0.491 e. The summed E-state index contributed by atoms with van der Waals surface area (Å²) in [4.78, 5) is 4.41. The normalized spacial score (nSPS) is 14.7. The molecule has 0 bridgehead atoms. The van der Waals surface area contributed by atoms with Crippen molar-refractivity contribution in [3.8, 4) is 11.4 Å². The Morgan fingerprint density at radius 1 is 1.06 bits per heavy atom. The van der Waals surface area contributed by atoms with E-state index < -0.39 is 0 Å². The topological polar surface area (TPSA) is 27.1 Å². The maximum atomic E-state index is 14.1. The third-order valence-corrected chi connectivity index (χ3v) is 6.72. The maximum absolute atomic E-state index is 14.1. The number of nitrogens with zero attached hydrogens (tertiary/aromatic N) is 2. The van der Waals surface area contributed by atoms with Crippen LogP contribution in [0, 0.1) is 11.7 Å². The van der Waals surface area contributed by atoms with Gasteiger partial charge in [0.1, 0.15) is 11.6 Å². The van der Waals surface area contributed by atoms with Gasteiger partial charge in [0.2, 0.25) is 0 Å². The standard InChI is InChI=1S/C28H37FN2O/c1-3-5-6-7-8-10-22(9-4-2)25-19-31(27-18-30-16-15-24(25)27)26-14-13-23(29)17-28(26)32-20-21-11-12-21/h13-19,21-22H,3-12,20H2,1-2H3. The van der Waals surface area contributed by atoms with E-state index in [1.165, 1.54) is 87.3 Å². The first-order valence-electron chi connectivity index (χ1n) is 12.6. The number of benzene rings is 1. The smallest absolute Gasteiger partial charge is 0.146 e. The predicted octanol–water partition coefficient (Wildman–Crippen LogP) is 8.20. The van der Waals surface area contributed by atoms with Gasteiger partial charge < -0.3 is 9.30 Å². The number of hydrogen-bond acceptors (Lipinski definition) is 2.